The summed E-state index contributed by atoms with van der Waals surface area (Å²) >= 11 is 27.9. The van der Waals surface area contributed by atoms with Crippen LogP contribution >= 0.6 is 75.8 Å². The molecule has 0 aliphatic carbocycles. The van der Waals surface area contributed by atoms with Crippen LogP contribution in [0.5, 0.6) is 0 Å². The molecule has 0 N–H and O–H groups in total. The van der Waals surface area contributed by atoms with Crippen LogP contribution in [0.25, 0.3) is 32.3 Å². The van der Waals surface area contributed by atoms with Crippen molar-refractivity contribution in [1.29, 1.82) is 0 Å². The van der Waals surface area contributed by atoms with Crippen molar-refractivity contribution in [2.75, 3.05) is 0 Å². The van der Waals surface area contributed by atoms with Gasteiger partial charge in [0.25, 0.3) is 0 Å². The summed E-state index contributed by atoms with van der Waals surface area (Å²) < 4.78 is 0. The van der Waals surface area contributed by atoms with Gasteiger partial charge in [-0.2, -0.15) is 0 Å². The number of rotatable bonds is 0. The van der Waals surface area contributed by atoms with Crippen molar-refractivity contribution in [3.8, 4) is 0 Å². The Bertz CT molecular complexity index is 1160. The molecule has 0 atom stereocenters. The minimum atomic E-state index is 0. The molecule has 0 unspecified atom stereocenters. The molecule has 4 rings (SSSR count). The Morgan fingerprint density at radius 1 is 0.480 bits per heavy atom. The van der Waals surface area contributed by atoms with Gasteiger partial charge in [-0.25, -0.2) is 0 Å². The van der Waals surface area contributed by atoms with E-state index in [9.17, 15) is 0 Å². The van der Waals surface area contributed by atoms with Gasteiger partial charge in [0.15, 0.2) is 0 Å². The Labute approximate surface area is 202 Å². The Morgan fingerprint density at radius 2 is 0.960 bits per heavy atom. The van der Waals surface area contributed by atoms with Gasteiger partial charge in [-0.15, -0.1) is 75.8 Å². The van der Waals surface area contributed by atoms with Crippen LogP contribution in [0, 0.1) is 0 Å². The molecule has 0 heterocycles. The molecule has 0 nitrogen and oxygen atoms in total. The van der Waals surface area contributed by atoms with Crippen LogP contribution in [0.4, 0.5) is 0 Å². The van der Waals surface area contributed by atoms with E-state index in [1.54, 1.807) is 0 Å². The van der Waals surface area contributed by atoms with E-state index < -0.39 is 0 Å². The van der Waals surface area contributed by atoms with E-state index in [0.29, 0.717) is 4.90 Å². The second kappa shape index (κ2) is 7.64. The number of fused-ring (bicyclic) bond motifs is 6. The Balaban J connectivity index is 0.00000121. The minimum Gasteiger partial charge on any atom is -1.00 e. The van der Waals surface area contributed by atoms with Crippen LogP contribution in [0.2, 0.25) is 0 Å². The maximum absolute atomic E-state index is 4.75. The third-order valence-electron chi connectivity index (χ3n) is 4.29. The first kappa shape index (κ1) is 20.5. The van der Waals surface area contributed by atoms with Crippen LogP contribution in [-0.2, 0) is 0 Å². The summed E-state index contributed by atoms with van der Waals surface area (Å²) in [6.45, 7) is 0. The van der Waals surface area contributed by atoms with Crippen molar-refractivity contribution >= 4 is 108 Å². The molecule has 0 aliphatic heterocycles. The fourth-order valence-corrected chi connectivity index (χ4v) is 4.99. The van der Waals surface area contributed by atoms with Gasteiger partial charge < -0.3 is 1.43 Å². The molecule has 0 saturated carbocycles. The largest absolute Gasteiger partial charge is 1.00 e. The SMILES string of the molecule is Sc1ccc2c3ccccc3c3c(S)c(S)c(S)c(S)c3c2c1S.[H-].[Na+]. The molecule has 0 spiro atoms. The van der Waals surface area contributed by atoms with E-state index in [2.05, 4.69) is 56.1 Å². The molecule has 0 aliphatic rings. The Morgan fingerprint density at radius 3 is 1.60 bits per heavy atom. The summed E-state index contributed by atoms with van der Waals surface area (Å²) in [6, 6.07) is 12.3. The van der Waals surface area contributed by atoms with Crippen LogP contribution < -0.4 is 29.6 Å². The van der Waals surface area contributed by atoms with Gasteiger partial charge in [0, 0.05) is 45.5 Å². The first-order valence-corrected chi connectivity index (χ1v) is 9.76. The summed E-state index contributed by atoms with van der Waals surface area (Å²) in [4.78, 5) is 4.67. The van der Waals surface area contributed by atoms with Gasteiger partial charge in [0.2, 0.25) is 0 Å². The van der Waals surface area contributed by atoms with Gasteiger partial charge in [0.1, 0.15) is 0 Å². The second-order valence-corrected chi connectivity index (χ2v) is 8.26. The van der Waals surface area contributed by atoms with E-state index in [1.165, 1.54) is 0 Å². The number of thiol groups is 6. The zero-order valence-electron chi connectivity index (χ0n) is 14.1. The molecular formula is C18H13NaS6. The molecule has 0 aromatic heterocycles. The van der Waals surface area contributed by atoms with Crippen LogP contribution in [0.3, 0.4) is 0 Å². The minimum absolute atomic E-state index is 0. The predicted molar refractivity (Wildman–Crippen MR) is 124 cm³/mol. The van der Waals surface area contributed by atoms with Gasteiger partial charge in [-0.05, 0) is 22.2 Å². The van der Waals surface area contributed by atoms with Crippen LogP contribution in [-0.4, -0.2) is 0 Å². The molecule has 4 aromatic rings. The molecule has 0 amide bonds. The quantitative estimate of drug-likeness (QED) is 0.132. The molecular weight excluding hydrogens is 432 g/mol. The van der Waals surface area contributed by atoms with Crippen LogP contribution in [0.1, 0.15) is 1.43 Å². The molecule has 0 bridgehead atoms. The molecule has 0 radical (unpaired) electrons. The summed E-state index contributed by atoms with van der Waals surface area (Å²) in [5.41, 5.74) is 0. The van der Waals surface area contributed by atoms with Gasteiger partial charge in [-0.3, -0.25) is 0 Å². The summed E-state index contributed by atoms with van der Waals surface area (Å²) in [7, 11) is 0. The molecule has 0 fully saturated rings. The fraction of sp³-hybridized carbons (Fsp3) is 0. The van der Waals surface area contributed by atoms with Crippen molar-refractivity contribution < 1.29 is 31.0 Å². The zero-order chi connectivity index (χ0) is 17.2. The summed E-state index contributed by atoms with van der Waals surface area (Å²) in [5, 5.41) is 6.39. The zero-order valence-corrected chi connectivity index (χ0v) is 20.5. The van der Waals surface area contributed by atoms with E-state index in [0.717, 1.165) is 56.8 Å². The first-order valence-electron chi connectivity index (χ1n) is 7.08. The number of hydrogen-bond donors (Lipinski definition) is 6. The van der Waals surface area contributed by atoms with Gasteiger partial charge >= 0.3 is 29.6 Å². The van der Waals surface area contributed by atoms with Crippen LogP contribution in [0.15, 0.2) is 65.8 Å². The maximum atomic E-state index is 4.75. The van der Waals surface area contributed by atoms with Gasteiger partial charge in [-0.1, -0.05) is 30.3 Å². The topological polar surface area (TPSA) is 0 Å². The standard InChI is InChI=1S/C18H12S6.Na.H/c19-10-6-5-9-7-3-1-2-4-8(7)12-13(11(9)14(10)20)16(22)18(24)17(23)15(12)21;;/h1-6,19-24H;;/q;+1;-1. The molecule has 25 heavy (non-hydrogen) atoms. The molecule has 0 saturated heterocycles. The van der Waals surface area contributed by atoms with E-state index in [4.69, 9.17) is 37.9 Å². The summed E-state index contributed by atoms with van der Waals surface area (Å²) in [6.07, 6.45) is 0. The monoisotopic (exact) mass is 444 g/mol. The third-order valence-corrected chi connectivity index (χ3v) is 7.62. The van der Waals surface area contributed by atoms with E-state index >= 15 is 0 Å². The third kappa shape index (κ3) is 3.06. The summed E-state index contributed by atoms with van der Waals surface area (Å²) in [5.74, 6) is 0. The number of hydrogen-bond acceptors (Lipinski definition) is 6. The maximum Gasteiger partial charge on any atom is 1.00 e. The molecule has 122 valence electrons. The van der Waals surface area contributed by atoms with Crippen molar-refractivity contribution in [2.45, 2.75) is 29.4 Å². The normalized spacial score (nSPS) is 11.3. The fourth-order valence-electron chi connectivity index (χ4n) is 3.20. The van der Waals surface area contributed by atoms with E-state index in [1.807, 2.05) is 18.2 Å². The number of benzene rings is 4. The molecule has 7 heteroatoms. The molecule has 4 aromatic carbocycles. The van der Waals surface area contributed by atoms with Crippen molar-refractivity contribution in [1.82, 2.24) is 0 Å². The van der Waals surface area contributed by atoms with Gasteiger partial charge in [0.05, 0.1) is 0 Å². The van der Waals surface area contributed by atoms with E-state index in [-0.39, 0.29) is 31.0 Å². The average Bonchev–Trinajstić information content (AvgIpc) is 2.59. The van der Waals surface area contributed by atoms with Crippen molar-refractivity contribution in [3.63, 3.8) is 0 Å². The van der Waals surface area contributed by atoms with Crippen molar-refractivity contribution in [2.24, 2.45) is 0 Å². The Kier molecular flexibility index (Phi) is 6.27. The smallest absolute Gasteiger partial charge is 1.00 e. The average molecular weight is 445 g/mol. The predicted octanol–water partition coefficient (Wildman–Crippen LogP) is 3.99. The first-order chi connectivity index (χ1) is 11.4. The second-order valence-electron chi connectivity index (χ2n) is 5.55. The Hall–Kier alpha value is 0.760. The van der Waals surface area contributed by atoms with Crippen molar-refractivity contribution in [3.05, 3.63) is 36.4 Å².